The molecule has 0 saturated carbocycles. The lowest BCUT2D eigenvalue weighted by molar-refractivity contribution is 0.102. The first-order valence-corrected chi connectivity index (χ1v) is 12.9. The summed E-state index contributed by atoms with van der Waals surface area (Å²) in [6.07, 6.45) is 4.74. The van der Waals surface area contributed by atoms with E-state index in [0.717, 1.165) is 34.1 Å². The van der Waals surface area contributed by atoms with Gasteiger partial charge in [-0.3, -0.25) is 4.79 Å². The highest BCUT2D eigenvalue weighted by atomic mass is 32.2. The van der Waals surface area contributed by atoms with Crippen LogP contribution in [0, 0.1) is 6.92 Å². The number of aryl methyl sites for hydroxylation is 1. The number of hydrogen-bond donors (Lipinski definition) is 1. The summed E-state index contributed by atoms with van der Waals surface area (Å²) >= 11 is 3.53. The third kappa shape index (κ3) is 3.82. The number of fused-ring (bicyclic) bond motifs is 1. The maximum Gasteiger partial charge on any atom is 0.258 e. The molecule has 0 aliphatic carbocycles. The number of hydrogen-bond acceptors (Lipinski definition) is 5. The zero-order valence-corrected chi connectivity index (χ0v) is 19.5. The van der Waals surface area contributed by atoms with Crippen molar-refractivity contribution in [2.24, 2.45) is 0 Å². The molecule has 30 heavy (non-hydrogen) atoms. The fraction of sp³-hybridized carbons (Fsp3) is 0.286. The molecule has 0 saturated heterocycles. The Morgan fingerprint density at radius 1 is 1.20 bits per heavy atom. The number of carbonyl (C=O) groups is 1. The van der Waals surface area contributed by atoms with Gasteiger partial charge in [0.15, 0.2) is 0 Å². The molecule has 0 bridgehead atoms. The van der Waals surface area contributed by atoms with Crippen molar-refractivity contribution < 1.29 is 13.2 Å². The Morgan fingerprint density at radius 2 is 1.93 bits per heavy atom. The van der Waals surface area contributed by atoms with Crippen LogP contribution in [0.4, 0.5) is 5.69 Å². The number of carbonyl (C=O) groups excluding carboxylic acids is 1. The van der Waals surface area contributed by atoms with Crippen LogP contribution in [0.25, 0.3) is 5.00 Å². The number of anilines is 1. The van der Waals surface area contributed by atoms with Crippen LogP contribution in [0.3, 0.4) is 0 Å². The average Bonchev–Trinajstić information content (AvgIpc) is 3.36. The third-order valence-electron chi connectivity index (χ3n) is 5.10. The van der Waals surface area contributed by atoms with Crippen molar-refractivity contribution in [3.8, 4) is 5.00 Å². The van der Waals surface area contributed by atoms with Crippen LogP contribution >= 0.6 is 23.1 Å². The second-order valence-corrected chi connectivity index (χ2v) is 11.6. The predicted molar refractivity (Wildman–Crippen MR) is 124 cm³/mol. The minimum Gasteiger partial charge on any atom is -0.322 e. The molecule has 0 spiro atoms. The third-order valence-corrected chi connectivity index (χ3v) is 9.33. The van der Waals surface area contributed by atoms with E-state index < -0.39 is 10.0 Å². The quantitative estimate of drug-likeness (QED) is 0.620. The maximum atomic E-state index is 13.4. The first kappa shape index (κ1) is 21.2. The second kappa shape index (κ2) is 8.22. The summed E-state index contributed by atoms with van der Waals surface area (Å²) in [5.41, 5.74) is 3.11. The van der Waals surface area contributed by atoms with Crippen LogP contribution in [0.15, 0.2) is 47.6 Å². The zero-order chi connectivity index (χ0) is 21.5. The molecule has 0 unspecified atom stereocenters. The van der Waals surface area contributed by atoms with Crippen LogP contribution in [0.5, 0.6) is 0 Å². The zero-order valence-electron chi connectivity index (χ0n) is 17.0. The first-order chi connectivity index (χ1) is 14.3. The smallest absolute Gasteiger partial charge is 0.258 e. The van der Waals surface area contributed by atoms with Crippen LogP contribution in [0.1, 0.15) is 26.4 Å². The summed E-state index contributed by atoms with van der Waals surface area (Å²) in [6.45, 7) is 1.86. The highest BCUT2D eigenvalue weighted by molar-refractivity contribution is 7.98. The molecular weight excluding hydrogens is 438 g/mol. The van der Waals surface area contributed by atoms with Crippen LogP contribution in [-0.4, -0.2) is 43.0 Å². The van der Waals surface area contributed by atoms with E-state index in [0.29, 0.717) is 11.3 Å². The lowest BCUT2D eigenvalue weighted by atomic mass is 10.1. The van der Waals surface area contributed by atoms with Gasteiger partial charge in [0, 0.05) is 42.8 Å². The van der Waals surface area contributed by atoms with E-state index in [2.05, 4.69) is 5.32 Å². The molecule has 4 rings (SSSR count). The highest BCUT2D eigenvalue weighted by Gasteiger charge is 2.27. The molecule has 9 heteroatoms. The van der Waals surface area contributed by atoms with Crippen LogP contribution < -0.4 is 5.32 Å². The lowest BCUT2D eigenvalue weighted by Crippen LogP contribution is -2.23. The van der Waals surface area contributed by atoms with Gasteiger partial charge in [-0.1, -0.05) is 6.07 Å². The van der Waals surface area contributed by atoms with E-state index in [1.54, 1.807) is 23.5 Å². The Kier molecular flexibility index (Phi) is 5.80. The minimum absolute atomic E-state index is 0.155. The summed E-state index contributed by atoms with van der Waals surface area (Å²) in [5, 5.41) is 3.88. The van der Waals surface area contributed by atoms with Gasteiger partial charge in [0.05, 0.1) is 10.5 Å². The van der Waals surface area contributed by atoms with Crippen LogP contribution in [0.2, 0.25) is 0 Å². The topological polar surface area (TPSA) is 71.4 Å². The molecule has 0 atom stereocenters. The monoisotopic (exact) mass is 461 g/mol. The molecule has 1 aliphatic heterocycles. The van der Waals surface area contributed by atoms with E-state index >= 15 is 0 Å². The summed E-state index contributed by atoms with van der Waals surface area (Å²) in [5.74, 6) is 1.70. The number of nitrogens with one attached hydrogen (secondary N) is 1. The number of rotatable bonds is 5. The Morgan fingerprint density at radius 3 is 2.63 bits per heavy atom. The standard InChI is InChI=1S/C21H23N3O3S3/c1-14-6-7-15(30(26,27)23(2)3)12-17(14)22-20(25)19-16-8-11-28-13-18(16)29-21(19)24-9-4-5-10-24/h4-7,9-10,12H,8,11,13H2,1-3H3,(H,22,25). The lowest BCUT2D eigenvalue weighted by Gasteiger charge is -2.16. The molecular formula is C21H23N3O3S3. The molecule has 1 N–H and O–H groups in total. The molecule has 0 fully saturated rings. The van der Waals surface area contributed by atoms with Gasteiger partial charge in [0.25, 0.3) is 5.91 Å². The number of sulfonamides is 1. The SMILES string of the molecule is Cc1ccc(S(=O)(=O)N(C)C)cc1NC(=O)c1c(-n2cccc2)sc2c1CCSC2. The molecule has 1 aromatic carbocycles. The van der Waals surface area contributed by atoms with Gasteiger partial charge in [0.1, 0.15) is 5.00 Å². The van der Waals surface area contributed by atoms with Crippen LogP contribution in [-0.2, 0) is 22.2 Å². The molecule has 2 aromatic heterocycles. The van der Waals surface area contributed by atoms with Crippen molar-refractivity contribution in [1.82, 2.24) is 8.87 Å². The van der Waals surface area contributed by atoms with Gasteiger partial charge in [-0.15, -0.1) is 11.3 Å². The average molecular weight is 462 g/mol. The van der Waals surface area contributed by atoms with E-state index in [9.17, 15) is 13.2 Å². The Labute approximate surface area is 185 Å². The Balaban J connectivity index is 1.74. The molecule has 1 amide bonds. The molecule has 158 valence electrons. The first-order valence-electron chi connectivity index (χ1n) is 9.49. The van der Waals surface area contributed by atoms with Gasteiger partial charge in [0.2, 0.25) is 10.0 Å². The summed E-state index contributed by atoms with van der Waals surface area (Å²) in [7, 11) is -0.601. The van der Waals surface area contributed by atoms with Gasteiger partial charge in [-0.25, -0.2) is 12.7 Å². The number of nitrogens with zero attached hydrogens (tertiary/aromatic N) is 2. The number of benzene rings is 1. The highest BCUT2D eigenvalue weighted by Crippen LogP contribution is 2.39. The summed E-state index contributed by atoms with van der Waals surface area (Å²) in [6, 6.07) is 8.70. The largest absolute Gasteiger partial charge is 0.322 e. The molecule has 3 heterocycles. The Hall–Kier alpha value is -2.07. The van der Waals surface area contributed by atoms with Crippen molar-refractivity contribution in [2.75, 3.05) is 25.2 Å². The normalized spacial score (nSPS) is 14.0. The number of thioether (sulfide) groups is 1. The van der Waals surface area contributed by atoms with E-state index in [-0.39, 0.29) is 10.8 Å². The molecule has 1 aliphatic rings. The number of amides is 1. The minimum atomic E-state index is -3.59. The fourth-order valence-electron chi connectivity index (χ4n) is 3.40. The molecule has 6 nitrogen and oxygen atoms in total. The predicted octanol–water partition coefficient (Wildman–Crippen LogP) is 4.14. The van der Waals surface area contributed by atoms with Crippen molar-refractivity contribution in [2.45, 2.75) is 24.0 Å². The Bertz CT molecular complexity index is 1200. The van der Waals surface area contributed by atoms with E-state index in [1.807, 2.05) is 47.8 Å². The second-order valence-electron chi connectivity index (χ2n) is 7.30. The van der Waals surface area contributed by atoms with E-state index in [1.165, 1.54) is 29.3 Å². The molecule has 0 radical (unpaired) electrons. The fourth-order valence-corrected chi connectivity index (χ4v) is 6.77. The van der Waals surface area contributed by atoms with Crippen molar-refractivity contribution in [3.63, 3.8) is 0 Å². The maximum absolute atomic E-state index is 13.4. The number of aromatic nitrogens is 1. The van der Waals surface area contributed by atoms with Gasteiger partial charge >= 0.3 is 0 Å². The van der Waals surface area contributed by atoms with Crippen molar-refractivity contribution in [3.05, 3.63) is 64.3 Å². The van der Waals surface area contributed by atoms with Gasteiger partial charge in [-0.05, 0) is 54.5 Å². The van der Waals surface area contributed by atoms with Crippen molar-refractivity contribution >= 4 is 44.7 Å². The summed E-state index contributed by atoms with van der Waals surface area (Å²) in [4.78, 5) is 14.8. The number of thiophene rings is 1. The van der Waals surface area contributed by atoms with E-state index in [4.69, 9.17) is 0 Å². The van der Waals surface area contributed by atoms with Gasteiger partial charge < -0.3 is 9.88 Å². The van der Waals surface area contributed by atoms with Crippen molar-refractivity contribution in [1.29, 1.82) is 0 Å². The van der Waals surface area contributed by atoms with Gasteiger partial charge in [-0.2, -0.15) is 11.8 Å². The molecule has 3 aromatic rings. The summed E-state index contributed by atoms with van der Waals surface area (Å²) < 4.78 is 28.2.